The lowest BCUT2D eigenvalue weighted by Crippen LogP contribution is -2.28. The van der Waals surface area contributed by atoms with Crippen molar-refractivity contribution in [1.82, 2.24) is 0 Å². The summed E-state index contributed by atoms with van der Waals surface area (Å²) in [5.41, 5.74) is 9.65. The molecule has 9 nitrogen and oxygen atoms in total. The fourth-order valence-corrected chi connectivity index (χ4v) is 6.45. The number of phenols is 4. The van der Waals surface area contributed by atoms with Crippen LogP contribution in [0.2, 0.25) is 0 Å². The third-order valence-corrected chi connectivity index (χ3v) is 8.69. The number of carbonyl (C=O) groups excluding carboxylic acids is 1. The number of hydrogen-bond acceptors (Lipinski definition) is 9. The molecule has 0 radical (unpaired) electrons. The van der Waals surface area contributed by atoms with Crippen LogP contribution in [-0.4, -0.2) is 44.2 Å². The average molecular weight is 628 g/mol. The molecule has 0 spiro atoms. The lowest BCUT2D eigenvalue weighted by molar-refractivity contribution is -0.121. The summed E-state index contributed by atoms with van der Waals surface area (Å²) in [4.78, 5) is 13.0. The van der Waals surface area contributed by atoms with Crippen LogP contribution in [0.15, 0.2) is 78.9 Å². The number of rotatable bonds is 14. The summed E-state index contributed by atoms with van der Waals surface area (Å²) in [7, 11) is 0. The standard InChI is InChI=1S/C37H41NO8/c38-22-46-35-17-24(10-14-33(35)42)9-12-28(40)18-29(41)19-31-26(15-23-5-2-1-3-6-23)11-13-30-32(31)20-34(43)36(44)37(30)45-21-25-7-4-8-27(39)16-25/h1-8,10,14,16-17,20,26,29,31,39,41-44H,9,11-13,15,18-19,21-22,38H2/t26-,29-,31+/m0/s1. The summed E-state index contributed by atoms with van der Waals surface area (Å²) in [5, 5.41) is 52.7. The molecule has 9 heteroatoms. The van der Waals surface area contributed by atoms with E-state index in [0.717, 1.165) is 35.1 Å². The van der Waals surface area contributed by atoms with Crippen molar-refractivity contribution in [2.24, 2.45) is 11.7 Å². The number of aliphatic hydroxyl groups is 1. The second kappa shape index (κ2) is 15.0. The van der Waals surface area contributed by atoms with Crippen molar-refractivity contribution in [2.75, 3.05) is 6.73 Å². The Bertz CT molecular complexity index is 1640. The predicted molar refractivity (Wildman–Crippen MR) is 173 cm³/mol. The normalized spacial score (nSPS) is 16.4. The van der Waals surface area contributed by atoms with Gasteiger partial charge in [-0.05, 0) is 96.5 Å². The molecule has 0 fully saturated rings. The van der Waals surface area contributed by atoms with Gasteiger partial charge in [0.15, 0.2) is 23.0 Å². The molecule has 1 aliphatic rings. The Balaban J connectivity index is 1.34. The predicted octanol–water partition coefficient (Wildman–Crippen LogP) is 5.61. The highest BCUT2D eigenvalue weighted by Crippen LogP contribution is 2.50. The van der Waals surface area contributed by atoms with Gasteiger partial charge in [0.1, 0.15) is 24.9 Å². The van der Waals surface area contributed by atoms with Crippen LogP contribution in [-0.2, 0) is 30.7 Å². The average Bonchev–Trinajstić information content (AvgIpc) is 3.03. The third kappa shape index (κ3) is 8.10. The third-order valence-electron chi connectivity index (χ3n) is 8.69. The van der Waals surface area contributed by atoms with E-state index >= 15 is 0 Å². The van der Waals surface area contributed by atoms with E-state index in [1.807, 2.05) is 18.2 Å². The number of ketones is 1. The van der Waals surface area contributed by atoms with Crippen molar-refractivity contribution in [2.45, 2.75) is 63.6 Å². The Labute approximate surface area is 268 Å². The highest BCUT2D eigenvalue weighted by atomic mass is 16.5. The number of carbonyl (C=O) groups is 1. The molecular formula is C37H41NO8. The summed E-state index contributed by atoms with van der Waals surface area (Å²) >= 11 is 0. The van der Waals surface area contributed by atoms with Gasteiger partial charge in [-0.25, -0.2) is 0 Å². The van der Waals surface area contributed by atoms with Gasteiger partial charge < -0.3 is 35.0 Å². The molecule has 4 aromatic carbocycles. The fraction of sp³-hybridized carbons (Fsp3) is 0.324. The van der Waals surface area contributed by atoms with Gasteiger partial charge in [0.25, 0.3) is 0 Å². The topological polar surface area (TPSA) is 163 Å². The van der Waals surface area contributed by atoms with Crippen molar-refractivity contribution < 1.29 is 39.8 Å². The lowest BCUT2D eigenvalue weighted by atomic mass is 9.70. The maximum Gasteiger partial charge on any atom is 0.200 e. The van der Waals surface area contributed by atoms with E-state index in [0.29, 0.717) is 24.8 Å². The molecule has 3 atom stereocenters. The van der Waals surface area contributed by atoms with Crippen molar-refractivity contribution >= 4 is 5.78 Å². The SMILES string of the molecule is NCOc1cc(CCC(=O)C[C@H](O)C[C@H]2c3cc(O)c(O)c(OCc4cccc(O)c4)c3CC[C@H]2Cc2ccccc2)ccc1O. The summed E-state index contributed by atoms with van der Waals surface area (Å²) in [5.74, 6) is -0.329. The maximum atomic E-state index is 13.0. The van der Waals surface area contributed by atoms with Crippen LogP contribution >= 0.6 is 0 Å². The summed E-state index contributed by atoms with van der Waals surface area (Å²) in [6.45, 7) is -0.00570. The number of benzene rings is 4. The molecule has 1 aliphatic carbocycles. The minimum absolute atomic E-state index is 0.0268. The summed E-state index contributed by atoms with van der Waals surface area (Å²) < 4.78 is 11.3. The molecule has 0 heterocycles. The van der Waals surface area contributed by atoms with Crippen LogP contribution in [0.25, 0.3) is 0 Å². The first-order valence-corrected chi connectivity index (χ1v) is 15.6. The number of aryl methyl sites for hydroxylation is 1. The Morgan fingerprint density at radius 3 is 2.41 bits per heavy atom. The number of fused-ring (bicyclic) bond motifs is 1. The monoisotopic (exact) mass is 627 g/mol. The van der Waals surface area contributed by atoms with E-state index in [1.54, 1.807) is 42.5 Å². The minimum atomic E-state index is -0.926. The van der Waals surface area contributed by atoms with E-state index in [9.17, 15) is 30.3 Å². The first kappa shape index (κ1) is 32.7. The van der Waals surface area contributed by atoms with Crippen LogP contribution in [0.3, 0.4) is 0 Å². The van der Waals surface area contributed by atoms with E-state index in [-0.39, 0.29) is 78.3 Å². The number of aliphatic hydroxyl groups excluding tert-OH is 1. The van der Waals surface area contributed by atoms with Gasteiger partial charge in [0.2, 0.25) is 5.75 Å². The summed E-state index contributed by atoms with van der Waals surface area (Å²) in [6, 6.07) is 23.2. The van der Waals surface area contributed by atoms with Crippen molar-refractivity contribution in [3.8, 4) is 34.5 Å². The minimum Gasteiger partial charge on any atom is -0.508 e. The Morgan fingerprint density at radius 1 is 0.870 bits per heavy atom. The highest BCUT2D eigenvalue weighted by Gasteiger charge is 2.35. The zero-order chi connectivity index (χ0) is 32.6. The molecule has 5 rings (SSSR count). The van der Waals surface area contributed by atoms with E-state index < -0.39 is 6.10 Å². The number of ether oxygens (including phenoxy) is 2. The molecular weight excluding hydrogens is 586 g/mol. The number of aromatic hydroxyl groups is 4. The zero-order valence-electron chi connectivity index (χ0n) is 25.6. The first-order chi connectivity index (χ1) is 22.2. The smallest absolute Gasteiger partial charge is 0.200 e. The second-order valence-corrected chi connectivity index (χ2v) is 11.9. The van der Waals surface area contributed by atoms with E-state index in [4.69, 9.17) is 15.2 Å². The van der Waals surface area contributed by atoms with Gasteiger partial charge in [-0.1, -0.05) is 48.5 Å². The molecule has 46 heavy (non-hydrogen) atoms. The molecule has 0 aromatic heterocycles. The van der Waals surface area contributed by atoms with E-state index in [1.165, 1.54) is 6.07 Å². The van der Waals surface area contributed by atoms with Crippen molar-refractivity contribution in [3.63, 3.8) is 0 Å². The van der Waals surface area contributed by atoms with Crippen LogP contribution in [0.1, 0.15) is 59.4 Å². The number of phenolic OH excluding ortho intramolecular Hbond substituents is 4. The van der Waals surface area contributed by atoms with Crippen LogP contribution < -0.4 is 15.2 Å². The van der Waals surface area contributed by atoms with Crippen LogP contribution in [0.5, 0.6) is 34.5 Å². The zero-order valence-corrected chi connectivity index (χ0v) is 25.6. The van der Waals surface area contributed by atoms with Gasteiger partial charge in [0.05, 0.1) is 6.10 Å². The molecule has 0 amide bonds. The Kier molecular flexibility index (Phi) is 10.7. The Morgan fingerprint density at radius 2 is 1.65 bits per heavy atom. The maximum absolute atomic E-state index is 13.0. The second-order valence-electron chi connectivity index (χ2n) is 11.9. The van der Waals surface area contributed by atoms with Gasteiger partial charge in [-0.2, -0.15) is 0 Å². The number of nitrogens with two attached hydrogens (primary N) is 1. The number of Topliss-reactive ketones (excluding diaryl/α,β-unsaturated/α-hetero) is 1. The summed E-state index contributed by atoms with van der Waals surface area (Å²) in [6.07, 6.45) is 2.08. The molecule has 0 unspecified atom stereocenters. The Hall–Kier alpha value is -4.73. The van der Waals surface area contributed by atoms with Gasteiger partial charge in [-0.15, -0.1) is 0 Å². The van der Waals surface area contributed by atoms with E-state index in [2.05, 4.69) is 12.1 Å². The van der Waals surface area contributed by atoms with Gasteiger partial charge in [-0.3, -0.25) is 10.5 Å². The molecule has 0 saturated heterocycles. The van der Waals surface area contributed by atoms with Crippen molar-refractivity contribution in [1.29, 1.82) is 0 Å². The quantitative estimate of drug-likeness (QED) is 0.0770. The highest BCUT2D eigenvalue weighted by molar-refractivity contribution is 5.79. The fourth-order valence-electron chi connectivity index (χ4n) is 6.45. The van der Waals surface area contributed by atoms with Gasteiger partial charge in [0, 0.05) is 18.4 Å². The van der Waals surface area contributed by atoms with Gasteiger partial charge >= 0.3 is 0 Å². The van der Waals surface area contributed by atoms with Crippen molar-refractivity contribution in [3.05, 3.63) is 107 Å². The van der Waals surface area contributed by atoms with Crippen LogP contribution in [0.4, 0.5) is 0 Å². The largest absolute Gasteiger partial charge is 0.508 e. The lowest BCUT2D eigenvalue weighted by Gasteiger charge is -2.36. The number of hydrogen-bond donors (Lipinski definition) is 6. The molecule has 7 N–H and O–H groups in total. The molecule has 0 bridgehead atoms. The molecule has 242 valence electrons. The first-order valence-electron chi connectivity index (χ1n) is 15.6. The molecule has 4 aromatic rings. The molecule has 0 saturated carbocycles. The van der Waals surface area contributed by atoms with Crippen LogP contribution in [0, 0.1) is 5.92 Å². The molecule has 0 aliphatic heterocycles.